The first kappa shape index (κ1) is 17.6. The number of benzene rings is 1. The smallest absolute Gasteiger partial charge is 0.156 e. The van der Waals surface area contributed by atoms with Crippen molar-refractivity contribution in [2.24, 2.45) is 5.73 Å². The Kier molecular flexibility index (Phi) is 7.10. The Balaban J connectivity index is 2.80. The number of rotatable bonds is 7. The van der Waals surface area contributed by atoms with Gasteiger partial charge >= 0.3 is 0 Å². The molecule has 3 nitrogen and oxygen atoms in total. The first-order valence-electron chi connectivity index (χ1n) is 6.87. The van der Waals surface area contributed by atoms with E-state index in [-0.39, 0.29) is 12.0 Å². The van der Waals surface area contributed by atoms with Gasteiger partial charge in [-0.25, -0.2) is 0 Å². The number of hydrogen-bond acceptors (Lipinski definition) is 3. The molecule has 0 fully saturated rings. The van der Waals surface area contributed by atoms with Gasteiger partial charge < -0.3 is 15.6 Å². The van der Waals surface area contributed by atoms with Crippen LogP contribution >= 0.6 is 23.2 Å². The van der Waals surface area contributed by atoms with E-state index in [0.29, 0.717) is 22.2 Å². The van der Waals surface area contributed by atoms with Crippen LogP contribution in [0.4, 0.5) is 0 Å². The second-order valence-electron chi connectivity index (χ2n) is 5.17. The molecule has 0 saturated heterocycles. The number of nitrogens with two attached hydrogens (primary N) is 1. The molecule has 0 amide bonds. The van der Waals surface area contributed by atoms with Crippen molar-refractivity contribution >= 4 is 23.2 Å². The quantitative estimate of drug-likeness (QED) is 0.799. The lowest BCUT2D eigenvalue weighted by molar-refractivity contribution is 0.124. The van der Waals surface area contributed by atoms with Crippen LogP contribution in [-0.2, 0) is 0 Å². The number of aliphatic hydroxyl groups excluding tert-OH is 1. The second-order valence-corrected chi connectivity index (χ2v) is 5.99. The molecule has 0 aliphatic rings. The predicted molar refractivity (Wildman–Crippen MR) is 84.9 cm³/mol. The third-order valence-corrected chi connectivity index (χ3v) is 4.07. The van der Waals surface area contributed by atoms with E-state index in [9.17, 15) is 5.11 Å². The van der Waals surface area contributed by atoms with Gasteiger partial charge in [-0.3, -0.25) is 0 Å². The van der Waals surface area contributed by atoms with Gasteiger partial charge in [-0.2, -0.15) is 0 Å². The molecule has 114 valence electrons. The zero-order valence-electron chi connectivity index (χ0n) is 12.2. The van der Waals surface area contributed by atoms with Crippen molar-refractivity contribution in [2.45, 2.75) is 51.2 Å². The average Bonchev–Trinajstić information content (AvgIpc) is 2.38. The fourth-order valence-corrected chi connectivity index (χ4v) is 2.92. The molecule has 5 heteroatoms. The molecule has 0 saturated carbocycles. The van der Waals surface area contributed by atoms with Gasteiger partial charge in [-0.15, -0.1) is 0 Å². The summed E-state index contributed by atoms with van der Waals surface area (Å²) >= 11 is 12.3. The first-order valence-corrected chi connectivity index (χ1v) is 7.62. The van der Waals surface area contributed by atoms with Gasteiger partial charge in [-0.05, 0) is 36.5 Å². The van der Waals surface area contributed by atoms with Gasteiger partial charge in [0.15, 0.2) is 5.75 Å². The molecule has 3 unspecified atom stereocenters. The maximum atomic E-state index is 10.1. The molecule has 0 heterocycles. The maximum absolute atomic E-state index is 10.1. The summed E-state index contributed by atoms with van der Waals surface area (Å²) in [6, 6.07) is 3.47. The fraction of sp³-hybridized carbons (Fsp3) is 0.600. The monoisotopic (exact) mass is 319 g/mol. The summed E-state index contributed by atoms with van der Waals surface area (Å²) < 4.78 is 5.13. The van der Waals surface area contributed by atoms with E-state index in [1.165, 1.54) is 7.11 Å². The lowest BCUT2D eigenvalue weighted by Crippen LogP contribution is -2.35. The van der Waals surface area contributed by atoms with E-state index in [4.69, 9.17) is 33.7 Å². The largest absolute Gasteiger partial charge is 0.494 e. The third kappa shape index (κ3) is 4.52. The highest BCUT2D eigenvalue weighted by atomic mass is 35.5. The third-order valence-electron chi connectivity index (χ3n) is 3.51. The molecule has 3 atom stereocenters. The van der Waals surface area contributed by atoms with E-state index < -0.39 is 6.10 Å². The predicted octanol–water partition coefficient (Wildman–Crippen LogP) is 3.98. The summed E-state index contributed by atoms with van der Waals surface area (Å²) in [4.78, 5) is 0. The Bertz CT molecular complexity index is 417. The minimum absolute atomic E-state index is 0.119. The van der Waals surface area contributed by atoms with Crippen LogP contribution in [0.3, 0.4) is 0 Å². The molecule has 20 heavy (non-hydrogen) atoms. The van der Waals surface area contributed by atoms with Gasteiger partial charge in [0.05, 0.1) is 23.3 Å². The van der Waals surface area contributed by atoms with Crippen LogP contribution in [0.15, 0.2) is 12.1 Å². The number of halogens is 2. The van der Waals surface area contributed by atoms with E-state index >= 15 is 0 Å². The number of methoxy groups -OCH3 is 1. The highest BCUT2D eigenvalue weighted by molar-refractivity contribution is 6.37. The van der Waals surface area contributed by atoms with Gasteiger partial charge in [-0.1, -0.05) is 43.5 Å². The van der Waals surface area contributed by atoms with Crippen LogP contribution in [0.5, 0.6) is 5.75 Å². The van der Waals surface area contributed by atoms with Crippen LogP contribution < -0.4 is 10.5 Å². The van der Waals surface area contributed by atoms with Gasteiger partial charge in [0, 0.05) is 6.04 Å². The zero-order valence-corrected chi connectivity index (χ0v) is 13.7. The van der Waals surface area contributed by atoms with Crippen LogP contribution in [0.25, 0.3) is 0 Å². The number of aliphatic hydroxyl groups is 1. The Morgan fingerprint density at radius 1 is 1.30 bits per heavy atom. The van der Waals surface area contributed by atoms with E-state index in [1.807, 2.05) is 19.1 Å². The summed E-state index contributed by atoms with van der Waals surface area (Å²) in [7, 11) is 1.53. The Labute approximate surface area is 131 Å². The molecule has 0 aromatic heterocycles. The summed E-state index contributed by atoms with van der Waals surface area (Å²) in [5.41, 5.74) is 6.91. The van der Waals surface area contributed by atoms with Crippen molar-refractivity contribution in [2.75, 3.05) is 7.11 Å². The lowest BCUT2D eigenvalue weighted by atomic mass is 9.91. The van der Waals surface area contributed by atoms with Crippen LogP contribution in [-0.4, -0.2) is 24.4 Å². The minimum atomic E-state index is -0.524. The highest BCUT2D eigenvalue weighted by Crippen LogP contribution is 2.37. The molecule has 0 radical (unpaired) electrons. The molecule has 0 aliphatic carbocycles. The van der Waals surface area contributed by atoms with Crippen LogP contribution in [0.1, 0.15) is 44.6 Å². The molecule has 1 aromatic carbocycles. The lowest BCUT2D eigenvalue weighted by Gasteiger charge is -2.22. The SMILES string of the molecule is CCCC(N)C(O)CC(C)c1cc(Cl)c(OC)c(Cl)c1. The summed E-state index contributed by atoms with van der Waals surface area (Å²) in [6.07, 6.45) is 1.84. The molecule has 0 aliphatic heterocycles. The second kappa shape index (κ2) is 8.08. The fourth-order valence-electron chi connectivity index (χ4n) is 2.26. The molecule has 1 aromatic rings. The van der Waals surface area contributed by atoms with E-state index in [1.54, 1.807) is 0 Å². The Morgan fingerprint density at radius 3 is 2.30 bits per heavy atom. The Hall–Kier alpha value is -0.480. The van der Waals surface area contributed by atoms with Gasteiger partial charge in [0.2, 0.25) is 0 Å². The summed E-state index contributed by atoms with van der Waals surface area (Å²) in [5.74, 6) is 0.598. The zero-order chi connectivity index (χ0) is 15.3. The number of ether oxygens (including phenoxy) is 1. The van der Waals surface area contributed by atoms with Crippen molar-refractivity contribution in [3.63, 3.8) is 0 Å². The average molecular weight is 320 g/mol. The van der Waals surface area contributed by atoms with Crippen LogP contribution in [0.2, 0.25) is 10.0 Å². The molecule has 3 N–H and O–H groups in total. The van der Waals surface area contributed by atoms with Crippen molar-refractivity contribution in [3.05, 3.63) is 27.7 Å². The topological polar surface area (TPSA) is 55.5 Å². The van der Waals surface area contributed by atoms with Crippen molar-refractivity contribution in [3.8, 4) is 5.75 Å². The first-order chi connectivity index (χ1) is 9.40. The van der Waals surface area contributed by atoms with Gasteiger partial charge in [0.25, 0.3) is 0 Å². The van der Waals surface area contributed by atoms with E-state index in [2.05, 4.69) is 6.92 Å². The normalized spacial score (nSPS) is 15.8. The standard InChI is InChI=1S/C15H23Cl2NO2/c1-4-5-13(18)14(19)6-9(2)10-7-11(16)15(20-3)12(17)8-10/h7-9,13-14,19H,4-6,18H2,1-3H3. The number of hydrogen-bond donors (Lipinski definition) is 2. The molecule has 0 spiro atoms. The molecule has 0 bridgehead atoms. The highest BCUT2D eigenvalue weighted by Gasteiger charge is 2.19. The van der Waals surface area contributed by atoms with Crippen molar-refractivity contribution < 1.29 is 9.84 Å². The maximum Gasteiger partial charge on any atom is 0.156 e. The minimum Gasteiger partial charge on any atom is -0.494 e. The summed E-state index contributed by atoms with van der Waals surface area (Å²) in [6.45, 7) is 4.08. The van der Waals surface area contributed by atoms with Gasteiger partial charge in [0.1, 0.15) is 0 Å². The summed E-state index contributed by atoms with van der Waals surface area (Å²) in [5, 5.41) is 11.1. The molecular formula is C15H23Cl2NO2. The molecular weight excluding hydrogens is 297 g/mol. The van der Waals surface area contributed by atoms with E-state index in [0.717, 1.165) is 18.4 Å². The van der Waals surface area contributed by atoms with Crippen molar-refractivity contribution in [1.29, 1.82) is 0 Å². The van der Waals surface area contributed by atoms with Crippen LogP contribution in [0, 0.1) is 0 Å². The Morgan fingerprint density at radius 2 is 1.85 bits per heavy atom. The van der Waals surface area contributed by atoms with Crippen molar-refractivity contribution in [1.82, 2.24) is 0 Å². The molecule has 1 rings (SSSR count).